The van der Waals surface area contributed by atoms with Gasteiger partial charge >= 0.3 is 5.97 Å². The smallest absolute Gasteiger partial charge is 0.343 e. The van der Waals surface area contributed by atoms with E-state index >= 15 is 0 Å². The minimum atomic E-state index is -1.20. The highest BCUT2D eigenvalue weighted by Gasteiger charge is 2.19. The quantitative estimate of drug-likeness (QED) is 0.330. The number of unbranched alkanes of at least 4 members (excludes halogenated alkanes) is 3. The lowest BCUT2D eigenvalue weighted by Crippen LogP contribution is -2.06. The summed E-state index contributed by atoms with van der Waals surface area (Å²) in [6, 6.07) is 8.27. The van der Waals surface area contributed by atoms with Gasteiger partial charge in [-0.2, -0.15) is 0 Å². The third kappa shape index (κ3) is 5.55. The maximum absolute atomic E-state index is 11.5. The molecule has 6 heteroatoms. The number of carbonyl (C=O) groups is 1. The molecule has 0 bridgehead atoms. The lowest BCUT2D eigenvalue weighted by Gasteiger charge is -2.13. The van der Waals surface area contributed by atoms with Crippen molar-refractivity contribution in [3.8, 4) is 23.0 Å². The first-order valence-electron chi connectivity index (χ1n) is 9.66. The van der Waals surface area contributed by atoms with E-state index in [1.54, 1.807) is 24.3 Å². The number of rotatable bonds is 11. The van der Waals surface area contributed by atoms with E-state index in [9.17, 15) is 25.2 Å². The topological polar surface area (TPSA) is 107 Å². The monoisotopic (exact) mass is 388 g/mol. The number of para-hydroxylation sites is 1. The molecule has 2 aromatic carbocycles. The van der Waals surface area contributed by atoms with Crippen molar-refractivity contribution >= 4 is 5.97 Å². The van der Waals surface area contributed by atoms with E-state index in [2.05, 4.69) is 0 Å². The Kier molecular flexibility index (Phi) is 7.99. The van der Waals surface area contributed by atoms with Crippen molar-refractivity contribution in [2.24, 2.45) is 0 Å². The third-order valence-corrected chi connectivity index (χ3v) is 4.65. The van der Waals surface area contributed by atoms with Crippen LogP contribution in [0.25, 0.3) is 0 Å². The number of carboxylic acid groups (broad SMARTS) is 1. The summed E-state index contributed by atoms with van der Waals surface area (Å²) in [6.45, 7) is 2.33. The molecular formula is C22H28O6. The van der Waals surface area contributed by atoms with Crippen LogP contribution in [0.5, 0.6) is 23.0 Å². The predicted octanol–water partition coefficient (Wildman–Crippen LogP) is 4.64. The van der Waals surface area contributed by atoms with Crippen LogP contribution in [0.15, 0.2) is 30.3 Å². The number of benzene rings is 2. The molecule has 2 aromatic rings. The molecule has 0 saturated heterocycles. The first-order chi connectivity index (χ1) is 13.5. The zero-order valence-electron chi connectivity index (χ0n) is 16.1. The highest BCUT2D eigenvalue weighted by Crippen LogP contribution is 2.32. The van der Waals surface area contributed by atoms with E-state index in [1.807, 2.05) is 6.92 Å². The van der Waals surface area contributed by atoms with Crippen molar-refractivity contribution in [3.05, 3.63) is 47.0 Å². The lowest BCUT2D eigenvalue weighted by atomic mass is 10.0. The van der Waals surface area contributed by atoms with Gasteiger partial charge in [-0.05, 0) is 48.9 Å². The number of aromatic hydroxyl groups is 3. The van der Waals surface area contributed by atoms with Crippen molar-refractivity contribution in [2.75, 3.05) is 6.61 Å². The van der Waals surface area contributed by atoms with Crippen LogP contribution in [0, 0.1) is 0 Å². The van der Waals surface area contributed by atoms with Crippen molar-refractivity contribution in [1.82, 2.24) is 0 Å². The van der Waals surface area contributed by atoms with E-state index in [1.165, 1.54) is 6.07 Å². The van der Waals surface area contributed by atoms with E-state index in [0.29, 0.717) is 25.0 Å². The summed E-state index contributed by atoms with van der Waals surface area (Å²) in [6.07, 6.45) is 5.53. The second kappa shape index (κ2) is 10.4. The van der Waals surface area contributed by atoms with Gasteiger partial charge < -0.3 is 25.2 Å². The fraction of sp³-hybridized carbons (Fsp3) is 0.409. The van der Waals surface area contributed by atoms with E-state index < -0.39 is 5.97 Å². The molecule has 0 aromatic heterocycles. The van der Waals surface area contributed by atoms with Crippen LogP contribution in [0.4, 0.5) is 0 Å². The van der Waals surface area contributed by atoms with Crippen LogP contribution in [-0.4, -0.2) is 33.0 Å². The molecule has 0 unspecified atom stereocenters. The standard InChI is InChI=1S/C22H28O6/c1-2-8-15-12-13-18(19(21(15)25)22(26)27)28-14-6-4-3-5-9-16-10-7-11-17(23)20(16)24/h7,10-13,23-25H,2-6,8-9,14H2,1H3,(H,26,27). The highest BCUT2D eigenvalue weighted by molar-refractivity contribution is 5.94. The van der Waals surface area contributed by atoms with Crippen LogP contribution < -0.4 is 4.74 Å². The van der Waals surface area contributed by atoms with Gasteiger partial charge in [-0.25, -0.2) is 4.79 Å². The molecule has 6 nitrogen and oxygen atoms in total. The fourth-order valence-electron chi connectivity index (χ4n) is 3.15. The number of ether oxygens (including phenoxy) is 1. The van der Waals surface area contributed by atoms with Crippen LogP contribution in [0.3, 0.4) is 0 Å². The molecule has 0 spiro atoms. The van der Waals surface area contributed by atoms with E-state index in [0.717, 1.165) is 37.7 Å². The van der Waals surface area contributed by atoms with Crippen molar-refractivity contribution in [2.45, 2.75) is 51.9 Å². The Morgan fingerprint density at radius 2 is 1.61 bits per heavy atom. The van der Waals surface area contributed by atoms with Gasteiger partial charge in [0.05, 0.1) is 6.61 Å². The summed E-state index contributed by atoms with van der Waals surface area (Å²) in [5.41, 5.74) is 1.16. The molecule has 0 saturated carbocycles. The first-order valence-corrected chi connectivity index (χ1v) is 9.66. The Balaban J connectivity index is 1.78. The average molecular weight is 388 g/mol. The Morgan fingerprint density at radius 3 is 2.32 bits per heavy atom. The summed E-state index contributed by atoms with van der Waals surface area (Å²) >= 11 is 0. The predicted molar refractivity (Wildman–Crippen MR) is 106 cm³/mol. The van der Waals surface area contributed by atoms with Gasteiger partial charge in [0.1, 0.15) is 17.1 Å². The SMILES string of the molecule is CCCc1ccc(OCCCCCCc2cccc(O)c2O)c(C(=O)O)c1O. The molecule has 0 fully saturated rings. The lowest BCUT2D eigenvalue weighted by molar-refractivity contribution is 0.0688. The molecule has 0 radical (unpaired) electrons. The van der Waals surface area contributed by atoms with Gasteiger partial charge in [0.25, 0.3) is 0 Å². The summed E-state index contributed by atoms with van der Waals surface area (Å²) in [4.78, 5) is 11.5. The fourth-order valence-corrected chi connectivity index (χ4v) is 3.15. The highest BCUT2D eigenvalue weighted by atomic mass is 16.5. The summed E-state index contributed by atoms with van der Waals surface area (Å²) in [7, 11) is 0. The minimum absolute atomic E-state index is 0.0571. The maximum atomic E-state index is 11.5. The molecule has 0 atom stereocenters. The molecule has 0 amide bonds. The van der Waals surface area contributed by atoms with Crippen LogP contribution in [0.1, 0.15) is 60.5 Å². The van der Waals surface area contributed by atoms with Gasteiger partial charge in [0.2, 0.25) is 0 Å². The molecule has 0 heterocycles. The van der Waals surface area contributed by atoms with Crippen LogP contribution in [0.2, 0.25) is 0 Å². The second-order valence-electron chi connectivity index (χ2n) is 6.80. The molecule has 2 rings (SSSR count). The molecule has 0 aliphatic carbocycles. The number of phenols is 3. The summed E-state index contributed by atoms with van der Waals surface area (Å²) < 4.78 is 5.60. The van der Waals surface area contributed by atoms with E-state index in [4.69, 9.17) is 4.74 Å². The van der Waals surface area contributed by atoms with Gasteiger partial charge in [-0.15, -0.1) is 0 Å². The molecule has 28 heavy (non-hydrogen) atoms. The van der Waals surface area contributed by atoms with Crippen LogP contribution >= 0.6 is 0 Å². The minimum Gasteiger partial charge on any atom is -0.507 e. The zero-order valence-corrected chi connectivity index (χ0v) is 16.1. The third-order valence-electron chi connectivity index (χ3n) is 4.65. The van der Waals surface area contributed by atoms with Crippen molar-refractivity contribution < 1.29 is 30.0 Å². The molecule has 152 valence electrons. The Labute approximate surface area is 165 Å². The molecule has 0 aliphatic heterocycles. The first kappa shape index (κ1) is 21.4. The number of hydrogen-bond acceptors (Lipinski definition) is 5. The van der Waals surface area contributed by atoms with Crippen LogP contribution in [-0.2, 0) is 12.8 Å². The van der Waals surface area contributed by atoms with Gasteiger partial charge in [0.15, 0.2) is 11.5 Å². The number of carboxylic acids is 1. The van der Waals surface area contributed by atoms with Gasteiger partial charge in [-0.1, -0.05) is 44.4 Å². The van der Waals surface area contributed by atoms with Gasteiger partial charge in [-0.3, -0.25) is 0 Å². The van der Waals surface area contributed by atoms with Crippen molar-refractivity contribution in [1.29, 1.82) is 0 Å². The van der Waals surface area contributed by atoms with Gasteiger partial charge in [0, 0.05) is 0 Å². The zero-order chi connectivity index (χ0) is 20.5. The number of aryl methyl sites for hydroxylation is 2. The van der Waals surface area contributed by atoms with Crippen molar-refractivity contribution in [3.63, 3.8) is 0 Å². The number of aromatic carboxylic acids is 1. The molecule has 4 N–H and O–H groups in total. The molecule has 0 aliphatic rings. The maximum Gasteiger partial charge on any atom is 0.343 e. The number of hydrogen-bond donors (Lipinski definition) is 4. The normalized spacial score (nSPS) is 10.8. The molecular weight excluding hydrogens is 360 g/mol. The largest absolute Gasteiger partial charge is 0.507 e. The Morgan fingerprint density at radius 1 is 0.893 bits per heavy atom. The summed E-state index contributed by atoms with van der Waals surface area (Å²) in [5, 5.41) is 38.8. The Hall–Kier alpha value is -2.89. The summed E-state index contributed by atoms with van der Waals surface area (Å²) in [5.74, 6) is -1.38. The second-order valence-corrected chi connectivity index (χ2v) is 6.80. The Bertz CT molecular complexity index is 800. The number of phenolic OH excluding ortho intramolecular Hbond substituents is 2. The average Bonchev–Trinajstić information content (AvgIpc) is 2.66. The van der Waals surface area contributed by atoms with E-state index in [-0.39, 0.29) is 28.6 Å².